The molecule has 21 heavy (non-hydrogen) atoms. The highest BCUT2D eigenvalue weighted by atomic mass is 79.9. The number of rotatable bonds is 1. The van der Waals surface area contributed by atoms with Crippen LogP contribution < -0.4 is 0 Å². The minimum Gasteiger partial charge on any atom is -0.115 e. The van der Waals surface area contributed by atoms with Crippen molar-refractivity contribution < 1.29 is 0 Å². The summed E-state index contributed by atoms with van der Waals surface area (Å²) in [5.74, 6) is 2.79. The van der Waals surface area contributed by atoms with E-state index in [2.05, 4.69) is 47.0 Å². The minimum atomic E-state index is 0.708. The number of terminal acetylenes is 1. The molecular formula is C19H12BrCl. The van der Waals surface area contributed by atoms with E-state index in [-0.39, 0.29) is 0 Å². The normalized spacial score (nSPS) is 15.2. The Hall–Kier alpha value is -1.75. The summed E-state index contributed by atoms with van der Waals surface area (Å²) in [5, 5.41) is 0.708. The third kappa shape index (κ3) is 2.58. The molecule has 0 nitrogen and oxygen atoms in total. The molecule has 0 spiro atoms. The van der Waals surface area contributed by atoms with Crippen molar-refractivity contribution in [2.45, 2.75) is 6.92 Å². The molecule has 2 aromatic rings. The number of hydrogen-bond donors (Lipinski definition) is 0. The van der Waals surface area contributed by atoms with E-state index in [4.69, 9.17) is 18.0 Å². The molecule has 0 unspecified atom stereocenters. The van der Waals surface area contributed by atoms with Crippen LogP contribution in [-0.2, 0) is 0 Å². The van der Waals surface area contributed by atoms with Crippen molar-refractivity contribution in [1.29, 1.82) is 0 Å². The molecule has 1 aliphatic carbocycles. The molecule has 0 saturated heterocycles. The van der Waals surface area contributed by atoms with Gasteiger partial charge in [-0.05, 0) is 65.1 Å². The lowest BCUT2D eigenvalue weighted by Gasteiger charge is -2.04. The molecule has 0 saturated carbocycles. The van der Waals surface area contributed by atoms with Crippen molar-refractivity contribution in [2.24, 2.45) is 0 Å². The summed E-state index contributed by atoms with van der Waals surface area (Å²) in [6.07, 6.45) is 7.85. The molecule has 2 heteroatoms. The highest BCUT2D eigenvalue weighted by molar-refractivity contribution is 9.10. The second-order valence-corrected chi connectivity index (χ2v) is 6.30. The standard InChI is InChI=1S/C19H12BrCl/c1-3-16-12(2)18(10-13-4-6-14(20)7-5-13)17-9-8-15(21)11-19(16)17/h1,4-11H,2H3. The Morgan fingerprint density at radius 1 is 1.10 bits per heavy atom. The van der Waals surface area contributed by atoms with Gasteiger partial charge in [-0.2, -0.15) is 0 Å². The second kappa shape index (κ2) is 5.56. The van der Waals surface area contributed by atoms with Gasteiger partial charge in [-0.25, -0.2) is 0 Å². The zero-order chi connectivity index (χ0) is 15.0. The summed E-state index contributed by atoms with van der Waals surface area (Å²) >= 11 is 9.56. The molecule has 1 aliphatic rings. The molecule has 0 heterocycles. The van der Waals surface area contributed by atoms with Crippen LogP contribution in [0, 0.1) is 12.3 Å². The van der Waals surface area contributed by atoms with Crippen molar-refractivity contribution in [3.63, 3.8) is 0 Å². The topological polar surface area (TPSA) is 0 Å². The molecule has 0 atom stereocenters. The number of allylic oxidation sites excluding steroid dienone is 3. The first-order valence-electron chi connectivity index (χ1n) is 6.55. The Morgan fingerprint density at radius 3 is 2.48 bits per heavy atom. The van der Waals surface area contributed by atoms with Crippen molar-refractivity contribution in [3.05, 3.63) is 74.2 Å². The Balaban J connectivity index is 2.18. The summed E-state index contributed by atoms with van der Waals surface area (Å²) in [6, 6.07) is 14.1. The summed E-state index contributed by atoms with van der Waals surface area (Å²) < 4.78 is 1.07. The number of halogens is 2. The van der Waals surface area contributed by atoms with Crippen molar-refractivity contribution >= 4 is 44.8 Å². The van der Waals surface area contributed by atoms with E-state index in [1.807, 2.05) is 30.3 Å². The minimum absolute atomic E-state index is 0.708. The molecule has 102 valence electrons. The van der Waals surface area contributed by atoms with Gasteiger partial charge in [0.05, 0.1) is 0 Å². The maximum Gasteiger partial charge on any atom is 0.0412 e. The van der Waals surface area contributed by atoms with Gasteiger partial charge in [0.1, 0.15) is 0 Å². The zero-order valence-electron chi connectivity index (χ0n) is 11.5. The predicted molar refractivity (Wildman–Crippen MR) is 94.9 cm³/mol. The van der Waals surface area contributed by atoms with Crippen LogP contribution in [0.15, 0.2) is 52.5 Å². The maximum atomic E-state index is 6.10. The average Bonchev–Trinajstić information content (AvgIpc) is 2.73. The summed E-state index contributed by atoms with van der Waals surface area (Å²) in [4.78, 5) is 0. The zero-order valence-corrected chi connectivity index (χ0v) is 13.8. The quantitative estimate of drug-likeness (QED) is 0.545. The molecule has 0 fully saturated rings. The number of benzene rings is 2. The van der Waals surface area contributed by atoms with Crippen molar-refractivity contribution in [2.75, 3.05) is 0 Å². The van der Waals surface area contributed by atoms with Crippen LogP contribution >= 0.6 is 27.5 Å². The summed E-state index contributed by atoms with van der Waals surface area (Å²) in [6.45, 7) is 2.06. The second-order valence-electron chi connectivity index (χ2n) is 4.94. The smallest absolute Gasteiger partial charge is 0.0412 e. The number of fused-ring (bicyclic) bond motifs is 1. The molecule has 0 radical (unpaired) electrons. The first-order chi connectivity index (χ1) is 10.1. The Morgan fingerprint density at radius 2 is 1.81 bits per heavy atom. The summed E-state index contributed by atoms with van der Waals surface area (Å²) in [7, 11) is 0. The fourth-order valence-electron chi connectivity index (χ4n) is 2.59. The van der Waals surface area contributed by atoms with E-state index >= 15 is 0 Å². The Kier molecular flexibility index (Phi) is 3.76. The first-order valence-corrected chi connectivity index (χ1v) is 7.72. The number of hydrogen-bond acceptors (Lipinski definition) is 0. The van der Waals surface area contributed by atoms with E-state index in [0.717, 1.165) is 37.9 Å². The lowest BCUT2D eigenvalue weighted by atomic mass is 10.0. The molecule has 3 rings (SSSR count). The van der Waals surface area contributed by atoms with Gasteiger partial charge < -0.3 is 0 Å². The van der Waals surface area contributed by atoms with Crippen LogP contribution in [0.1, 0.15) is 23.6 Å². The van der Waals surface area contributed by atoms with Gasteiger partial charge in [0.15, 0.2) is 0 Å². The van der Waals surface area contributed by atoms with Gasteiger partial charge in [0, 0.05) is 15.1 Å². The fourth-order valence-corrected chi connectivity index (χ4v) is 3.03. The van der Waals surface area contributed by atoms with Crippen LogP contribution in [0.5, 0.6) is 0 Å². The third-order valence-corrected chi connectivity index (χ3v) is 4.41. The lowest BCUT2D eigenvalue weighted by Crippen LogP contribution is -1.84. The lowest BCUT2D eigenvalue weighted by molar-refractivity contribution is 1.57. The largest absolute Gasteiger partial charge is 0.115 e. The summed E-state index contributed by atoms with van der Waals surface area (Å²) in [5.41, 5.74) is 6.55. The molecular weight excluding hydrogens is 344 g/mol. The van der Waals surface area contributed by atoms with Gasteiger partial charge in [0.25, 0.3) is 0 Å². The average molecular weight is 356 g/mol. The van der Waals surface area contributed by atoms with Gasteiger partial charge >= 0.3 is 0 Å². The molecule has 0 aliphatic heterocycles. The molecule has 2 aromatic carbocycles. The van der Waals surface area contributed by atoms with Crippen molar-refractivity contribution in [1.82, 2.24) is 0 Å². The van der Waals surface area contributed by atoms with Crippen molar-refractivity contribution in [3.8, 4) is 12.3 Å². The fraction of sp³-hybridized carbons (Fsp3) is 0.0526. The molecule has 0 N–H and O–H groups in total. The van der Waals surface area contributed by atoms with Gasteiger partial charge in [-0.3, -0.25) is 0 Å². The highest BCUT2D eigenvalue weighted by Gasteiger charge is 2.22. The maximum absolute atomic E-state index is 6.10. The molecule has 0 bridgehead atoms. The molecule has 0 amide bonds. The van der Waals surface area contributed by atoms with E-state index in [1.165, 1.54) is 0 Å². The predicted octanol–water partition coefficient (Wildman–Crippen LogP) is 6.06. The molecule has 0 aromatic heterocycles. The van der Waals surface area contributed by atoms with Gasteiger partial charge in [0.2, 0.25) is 0 Å². The Labute approximate surface area is 138 Å². The van der Waals surface area contributed by atoms with Crippen LogP contribution in [0.3, 0.4) is 0 Å². The Bertz CT molecular complexity index is 818. The van der Waals surface area contributed by atoms with Gasteiger partial charge in [-0.1, -0.05) is 51.7 Å². The van der Waals surface area contributed by atoms with E-state index in [0.29, 0.717) is 5.02 Å². The first kappa shape index (κ1) is 14.2. The van der Waals surface area contributed by atoms with Crippen LogP contribution in [-0.4, -0.2) is 0 Å². The van der Waals surface area contributed by atoms with E-state index in [1.54, 1.807) is 0 Å². The van der Waals surface area contributed by atoms with Crippen LogP contribution in [0.2, 0.25) is 5.02 Å². The van der Waals surface area contributed by atoms with E-state index in [9.17, 15) is 0 Å². The monoisotopic (exact) mass is 354 g/mol. The SMILES string of the molecule is C#CC1=C(C)C(=Cc2ccc(Br)cc2)c2ccc(Cl)cc21. The highest BCUT2D eigenvalue weighted by Crippen LogP contribution is 2.42. The van der Waals surface area contributed by atoms with Crippen LogP contribution in [0.4, 0.5) is 0 Å². The van der Waals surface area contributed by atoms with E-state index < -0.39 is 0 Å². The van der Waals surface area contributed by atoms with Gasteiger partial charge in [-0.15, -0.1) is 6.42 Å². The van der Waals surface area contributed by atoms with Crippen LogP contribution in [0.25, 0.3) is 17.2 Å². The third-order valence-electron chi connectivity index (χ3n) is 3.65.